The molecule has 0 saturated carbocycles. The van der Waals surface area contributed by atoms with E-state index in [1.807, 2.05) is 11.0 Å². The number of aliphatic hydroxyl groups is 2. The molecule has 1 unspecified atom stereocenters. The summed E-state index contributed by atoms with van der Waals surface area (Å²) in [5.74, 6) is -1.01. The molecule has 0 bridgehead atoms. The molecule has 1 atom stereocenters. The minimum absolute atomic E-state index is 0.189. The Hall–Kier alpha value is -2.89. The van der Waals surface area contributed by atoms with Gasteiger partial charge in [-0.15, -0.1) is 0 Å². The predicted molar refractivity (Wildman–Crippen MR) is 116 cm³/mol. The molecule has 0 amide bonds. The number of hydrogen-bond acceptors (Lipinski definition) is 5. The van der Waals surface area contributed by atoms with Gasteiger partial charge in [0.15, 0.2) is 5.78 Å². The molecule has 0 spiro atoms. The highest BCUT2D eigenvalue weighted by Crippen LogP contribution is 2.44. The number of carbonyl (C=O) groups excluding carboxylic acids is 1. The van der Waals surface area contributed by atoms with E-state index < -0.39 is 42.2 Å². The monoisotopic (exact) mass is 446 g/mol. The summed E-state index contributed by atoms with van der Waals surface area (Å²) in [7, 11) is 0. The number of hydrogen-bond donors (Lipinski definition) is 2. The van der Waals surface area contributed by atoms with E-state index in [1.165, 1.54) is 12.1 Å². The molecule has 2 aromatic carbocycles. The molecule has 2 aromatic rings. The molecule has 170 valence electrons. The fourth-order valence-corrected chi connectivity index (χ4v) is 4.12. The smallest absolute Gasteiger partial charge is 0.394 e. The SMILES string of the molecule is N#C/C(C(=O)CCC(O)CO)=C(\c1ccc2ccccc2c1N1CCCCC1)C(F)(F)F. The maximum atomic E-state index is 14.3. The molecule has 8 heteroatoms. The van der Waals surface area contributed by atoms with Crippen LogP contribution >= 0.6 is 0 Å². The van der Waals surface area contributed by atoms with E-state index in [0.29, 0.717) is 24.2 Å². The largest absolute Gasteiger partial charge is 0.418 e. The quantitative estimate of drug-likeness (QED) is 0.487. The zero-order valence-electron chi connectivity index (χ0n) is 17.5. The van der Waals surface area contributed by atoms with Crippen LogP contribution in [0.4, 0.5) is 18.9 Å². The number of ketones is 1. The third kappa shape index (κ3) is 5.12. The Bertz CT molecular complexity index is 1050. The van der Waals surface area contributed by atoms with Gasteiger partial charge < -0.3 is 15.1 Å². The standard InChI is InChI=1S/C24H25F3N2O3/c25-24(26,27)22(20(14-28)21(32)11-9-17(31)15-30)19-10-8-16-6-2-3-7-18(16)23(19)29-12-4-1-5-13-29/h2-3,6-8,10,17,30-31H,1,4-5,9,11-13,15H2/b22-20-. The number of allylic oxidation sites excluding steroid dienone is 2. The van der Waals surface area contributed by atoms with Crippen LogP contribution < -0.4 is 4.90 Å². The molecule has 1 aliphatic rings. The third-order valence-electron chi connectivity index (χ3n) is 5.68. The van der Waals surface area contributed by atoms with E-state index >= 15 is 0 Å². The van der Waals surface area contributed by atoms with Crippen molar-refractivity contribution in [3.8, 4) is 6.07 Å². The zero-order chi connectivity index (χ0) is 23.3. The number of piperidine rings is 1. The van der Waals surface area contributed by atoms with Crippen LogP contribution in [0.5, 0.6) is 0 Å². The highest BCUT2D eigenvalue weighted by atomic mass is 19.4. The van der Waals surface area contributed by atoms with Crippen LogP contribution in [0.1, 0.15) is 37.7 Å². The second-order valence-electron chi connectivity index (χ2n) is 7.89. The van der Waals surface area contributed by atoms with Crippen LogP contribution in [0.15, 0.2) is 42.0 Å². The highest BCUT2D eigenvalue weighted by molar-refractivity contribution is 6.10. The van der Waals surface area contributed by atoms with E-state index in [2.05, 4.69) is 0 Å². The van der Waals surface area contributed by atoms with Gasteiger partial charge >= 0.3 is 6.18 Å². The van der Waals surface area contributed by atoms with Gasteiger partial charge in [0.2, 0.25) is 0 Å². The Kier molecular flexibility index (Phi) is 7.54. The van der Waals surface area contributed by atoms with Gasteiger partial charge in [-0.05, 0) is 31.1 Å². The van der Waals surface area contributed by atoms with Crippen molar-refractivity contribution in [2.24, 2.45) is 0 Å². The number of anilines is 1. The van der Waals surface area contributed by atoms with Gasteiger partial charge in [0, 0.05) is 30.5 Å². The third-order valence-corrected chi connectivity index (χ3v) is 5.68. The minimum atomic E-state index is -4.94. The predicted octanol–water partition coefficient (Wildman–Crippen LogP) is 4.37. The van der Waals surface area contributed by atoms with Crippen molar-refractivity contribution in [1.29, 1.82) is 5.26 Å². The molecule has 5 nitrogen and oxygen atoms in total. The van der Waals surface area contributed by atoms with Crippen LogP contribution in [-0.4, -0.2) is 48.0 Å². The summed E-state index contributed by atoms with van der Waals surface area (Å²) in [6.45, 7) is 0.560. The Morgan fingerprint density at radius 3 is 2.44 bits per heavy atom. The summed E-state index contributed by atoms with van der Waals surface area (Å²) in [6, 6.07) is 11.5. The van der Waals surface area contributed by atoms with Crippen molar-refractivity contribution < 1.29 is 28.2 Å². The molecule has 0 aromatic heterocycles. The number of nitrogens with zero attached hydrogens (tertiary/aromatic N) is 2. The lowest BCUT2D eigenvalue weighted by atomic mass is 9.90. The van der Waals surface area contributed by atoms with E-state index in [4.69, 9.17) is 5.11 Å². The molecule has 1 heterocycles. The highest BCUT2D eigenvalue weighted by Gasteiger charge is 2.41. The summed E-state index contributed by atoms with van der Waals surface area (Å²) < 4.78 is 43.0. The van der Waals surface area contributed by atoms with E-state index in [1.54, 1.807) is 24.3 Å². The Morgan fingerprint density at radius 2 is 1.81 bits per heavy atom. The molecule has 32 heavy (non-hydrogen) atoms. The van der Waals surface area contributed by atoms with Crippen molar-refractivity contribution in [3.63, 3.8) is 0 Å². The van der Waals surface area contributed by atoms with E-state index in [0.717, 1.165) is 24.6 Å². The lowest BCUT2D eigenvalue weighted by Gasteiger charge is -2.32. The number of benzene rings is 2. The number of nitriles is 1. The topological polar surface area (TPSA) is 84.6 Å². The van der Waals surface area contributed by atoms with Gasteiger partial charge in [-0.2, -0.15) is 18.4 Å². The molecule has 0 radical (unpaired) electrons. The zero-order valence-corrected chi connectivity index (χ0v) is 17.5. The second kappa shape index (κ2) is 10.2. The molecular formula is C24H25F3N2O3. The number of aliphatic hydroxyl groups excluding tert-OH is 2. The van der Waals surface area contributed by atoms with Gasteiger partial charge in [0.05, 0.1) is 24.0 Å². The van der Waals surface area contributed by atoms with E-state index in [-0.39, 0.29) is 12.0 Å². The maximum Gasteiger partial charge on any atom is 0.418 e. The van der Waals surface area contributed by atoms with Crippen LogP contribution in [0, 0.1) is 11.3 Å². The van der Waals surface area contributed by atoms with Gasteiger partial charge in [-0.1, -0.05) is 36.4 Å². The fraction of sp³-hybridized carbons (Fsp3) is 0.417. The number of rotatable bonds is 7. The van der Waals surface area contributed by atoms with Crippen LogP contribution in [0.2, 0.25) is 0 Å². The molecule has 1 fully saturated rings. The number of halogens is 3. The number of alkyl halides is 3. The van der Waals surface area contributed by atoms with Gasteiger partial charge in [0.1, 0.15) is 11.6 Å². The van der Waals surface area contributed by atoms with Gasteiger partial charge in [-0.3, -0.25) is 4.79 Å². The van der Waals surface area contributed by atoms with Crippen molar-refractivity contribution in [2.75, 3.05) is 24.6 Å². The number of carbonyl (C=O) groups is 1. The number of Topliss-reactive ketones (excluding diaryl/α,β-unsaturated/α-hetero) is 1. The fourth-order valence-electron chi connectivity index (χ4n) is 4.12. The second-order valence-corrected chi connectivity index (χ2v) is 7.89. The first-order chi connectivity index (χ1) is 15.3. The van der Waals surface area contributed by atoms with Crippen molar-refractivity contribution in [3.05, 3.63) is 47.5 Å². The van der Waals surface area contributed by atoms with Crippen molar-refractivity contribution in [2.45, 2.75) is 44.4 Å². The average Bonchev–Trinajstić information content (AvgIpc) is 2.79. The minimum Gasteiger partial charge on any atom is -0.394 e. The van der Waals surface area contributed by atoms with Gasteiger partial charge in [-0.25, -0.2) is 0 Å². The van der Waals surface area contributed by atoms with Crippen molar-refractivity contribution in [1.82, 2.24) is 0 Å². The number of fused-ring (bicyclic) bond motifs is 1. The lowest BCUT2D eigenvalue weighted by Crippen LogP contribution is -2.31. The van der Waals surface area contributed by atoms with Crippen LogP contribution in [0.25, 0.3) is 16.3 Å². The molecule has 1 saturated heterocycles. The molecule has 1 aliphatic heterocycles. The normalized spacial score (nSPS) is 16.4. The average molecular weight is 446 g/mol. The lowest BCUT2D eigenvalue weighted by molar-refractivity contribution is -0.116. The summed E-state index contributed by atoms with van der Waals surface area (Å²) in [4.78, 5) is 14.5. The van der Waals surface area contributed by atoms with Gasteiger partial charge in [0.25, 0.3) is 0 Å². The molecular weight excluding hydrogens is 421 g/mol. The first-order valence-electron chi connectivity index (χ1n) is 10.6. The first-order valence-corrected chi connectivity index (χ1v) is 10.6. The Morgan fingerprint density at radius 1 is 1.12 bits per heavy atom. The molecule has 0 aliphatic carbocycles. The van der Waals surface area contributed by atoms with Crippen LogP contribution in [0.3, 0.4) is 0 Å². The summed E-state index contributed by atoms with van der Waals surface area (Å²) >= 11 is 0. The summed E-state index contributed by atoms with van der Waals surface area (Å²) in [6.07, 6.45) is -4.21. The Balaban J connectivity index is 2.24. The van der Waals surface area contributed by atoms with Crippen LogP contribution in [-0.2, 0) is 4.79 Å². The molecule has 2 N–H and O–H groups in total. The Labute approximate surface area is 184 Å². The van der Waals surface area contributed by atoms with E-state index in [9.17, 15) is 28.3 Å². The first kappa shape index (κ1) is 23.8. The summed E-state index contributed by atoms with van der Waals surface area (Å²) in [5, 5.41) is 29.4. The summed E-state index contributed by atoms with van der Waals surface area (Å²) in [5.41, 5.74) is -2.04. The maximum absolute atomic E-state index is 14.3. The molecule has 3 rings (SSSR count). The van der Waals surface area contributed by atoms with Crippen molar-refractivity contribution >= 4 is 27.8 Å².